The van der Waals surface area contributed by atoms with Crippen LogP contribution in [0.2, 0.25) is 0 Å². The summed E-state index contributed by atoms with van der Waals surface area (Å²) < 4.78 is 0. The van der Waals surface area contributed by atoms with Gasteiger partial charge >= 0.3 is 0 Å². The molecule has 0 saturated heterocycles. The summed E-state index contributed by atoms with van der Waals surface area (Å²) in [6.07, 6.45) is 1.56. The van der Waals surface area contributed by atoms with Gasteiger partial charge in [0.2, 0.25) is 5.91 Å². The van der Waals surface area contributed by atoms with E-state index in [1.807, 2.05) is 18.2 Å². The molecule has 0 aliphatic heterocycles. The Kier molecular flexibility index (Phi) is 6.03. The Balaban J connectivity index is 2.71. The Bertz CT molecular complexity index is 486. The molecule has 0 aromatic heterocycles. The summed E-state index contributed by atoms with van der Waals surface area (Å²) in [5, 5.41) is 11.7. The summed E-state index contributed by atoms with van der Waals surface area (Å²) in [5.41, 5.74) is 7.16. The van der Waals surface area contributed by atoms with Crippen LogP contribution in [0, 0.1) is 5.92 Å². The topological polar surface area (TPSA) is 78.9 Å². The summed E-state index contributed by atoms with van der Waals surface area (Å²) in [6.45, 7) is 4.67. The molecule has 1 aromatic carbocycles. The number of nitrogens with two attached hydrogens (primary N) is 1. The van der Waals surface area contributed by atoms with Gasteiger partial charge < -0.3 is 15.8 Å². The van der Waals surface area contributed by atoms with Crippen molar-refractivity contribution in [3.63, 3.8) is 0 Å². The van der Waals surface area contributed by atoms with Crippen LogP contribution in [-0.2, 0) is 11.3 Å². The molecule has 0 bridgehead atoms. The number of carbonyl (C=O) groups is 1. The number of hydrogen-bond acceptors (Lipinski definition) is 3. The minimum absolute atomic E-state index is 0.0698. The zero-order chi connectivity index (χ0) is 15.1. The lowest BCUT2D eigenvalue weighted by Gasteiger charge is -2.19. The van der Waals surface area contributed by atoms with Gasteiger partial charge in [-0.1, -0.05) is 43.6 Å². The Labute approximate surface area is 120 Å². The second-order valence-electron chi connectivity index (χ2n) is 5.15. The van der Waals surface area contributed by atoms with E-state index in [2.05, 4.69) is 19.0 Å². The third-order valence-corrected chi connectivity index (χ3v) is 3.40. The monoisotopic (exact) mass is 277 g/mol. The van der Waals surface area contributed by atoms with Gasteiger partial charge in [0, 0.05) is 25.6 Å². The standard InChI is InChI=1S/C15H23N3O2/c1-4-11(2)8-14(19)18(3)10-12-6-5-7-13(9-12)15(16)17-20/h5-7,9,11,20H,4,8,10H2,1-3H3,(H2,16,17). The van der Waals surface area contributed by atoms with E-state index < -0.39 is 0 Å². The van der Waals surface area contributed by atoms with Crippen molar-refractivity contribution in [1.29, 1.82) is 0 Å². The van der Waals surface area contributed by atoms with E-state index in [9.17, 15) is 4.79 Å². The van der Waals surface area contributed by atoms with Crippen molar-refractivity contribution in [1.82, 2.24) is 4.90 Å². The predicted molar refractivity (Wildman–Crippen MR) is 79.5 cm³/mol. The summed E-state index contributed by atoms with van der Waals surface area (Å²) in [4.78, 5) is 13.7. The third kappa shape index (κ3) is 4.57. The minimum atomic E-state index is 0.0698. The normalized spacial score (nSPS) is 13.1. The third-order valence-electron chi connectivity index (χ3n) is 3.40. The van der Waals surface area contributed by atoms with Gasteiger partial charge in [0.25, 0.3) is 0 Å². The first-order chi connectivity index (χ1) is 9.47. The van der Waals surface area contributed by atoms with Crippen molar-refractivity contribution in [2.75, 3.05) is 7.05 Å². The lowest BCUT2D eigenvalue weighted by atomic mass is 10.0. The Morgan fingerprint density at radius 2 is 2.20 bits per heavy atom. The number of oxime groups is 1. The molecular weight excluding hydrogens is 254 g/mol. The number of hydrogen-bond donors (Lipinski definition) is 2. The number of amidine groups is 1. The van der Waals surface area contributed by atoms with Crippen LogP contribution in [0.1, 0.15) is 37.8 Å². The molecule has 1 aromatic rings. The molecule has 0 aliphatic rings. The summed E-state index contributed by atoms with van der Waals surface area (Å²) in [7, 11) is 1.79. The highest BCUT2D eigenvalue weighted by molar-refractivity contribution is 5.97. The molecule has 0 radical (unpaired) electrons. The Morgan fingerprint density at radius 1 is 1.50 bits per heavy atom. The molecule has 5 nitrogen and oxygen atoms in total. The first-order valence-corrected chi connectivity index (χ1v) is 6.78. The zero-order valence-corrected chi connectivity index (χ0v) is 12.3. The van der Waals surface area contributed by atoms with Crippen LogP contribution in [0.25, 0.3) is 0 Å². The van der Waals surface area contributed by atoms with Gasteiger partial charge in [-0.3, -0.25) is 4.79 Å². The molecule has 0 aliphatic carbocycles. The molecule has 110 valence electrons. The summed E-state index contributed by atoms with van der Waals surface area (Å²) >= 11 is 0. The summed E-state index contributed by atoms with van der Waals surface area (Å²) in [6, 6.07) is 7.33. The second-order valence-corrected chi connectivity index (χ2v) is 5.15. The molecule has 0 fully saturated rings. The van der Waals surface area contributed by atoms with Crippen molar-refractivity contribution < 1.29 is 10.0 Å². The van der Waals surface area contributed by atoms with Crippen molar-refractivity contribution in [3.05, 3.63) is 35.4 Å². The van der Waals surface area contributed by atoms with Crippen molar-refractivity contribution >= 4 is 11.7 Å². The molecule has 1 rings (SSSR count). The quantitative estimate of drug-likeness (QED) is 0.362. The molecule has 20 heavy (non-hydrogen) atoms. The van der Waals surface area contributed by atoms with Crippen LogP contribution in [-0.4, -0.2) is 28.9 Å². The van der Waals surface area contributed by atoms with E-state index in [1.165, 1.54) is 0 Å². The Morgan fingerprint density at radius 3 is 2.80 bits per heavy atom. The lowest BCUT2D eigenvalue weighted by Crippen LogP contribution is -2.27. The van der Waals surface area contributed by atoms with Crippen molar-refractivity contribution in [3.8, 4) is 0 Å². The first-order valence-electron chi connectivity index (χ1n) is 6.78. The van der Waals surface area contributed by atoms with E-state index >= 15 is 0 Å². The highest BCUT2D eigenvalue weighted by Crippen LogP contribution is 2.12. The Hall–Kier alpha value is -2.04. The smallest absolute Gasteiger partial charge is 0.222 e. The zero-order valence-electron chi connectivity index (χ0n) is 12.3. The van der Waals surface area contributed by atoms with Crippen LogP contribution in [0.15, 0.2) is 29.4 Å². The van der Waals surface area contributed by atoms with E-state index in [-0.39, 0.29) is 11.7 Å². The fraction of sp³-hybridized carbons (Fsp3) is 0.467. The van der Waals surface area contributed by atoms with Gasteiger partial charge in [0.15, 0.2) is 5.84 Å². The van der Waals surface area contributed by atoms with Crippen LogP contribution >= 0.6 is 0 Å². The van der Waals surface area contributed by atoms with Gasteiger partial charge in [-0.15, -0.1) is 0 Å². The fourth-order valence-corrected chi connectivity index (χ4v) is 1.85. The van der Waals surface area contributed by atoms with Crippen LogP contribution < -0.4 is 5.73 Å². The molecule has 5 heteroatoms. The maximum absolute atomic E-state index is 12.0. The number of carbonyl (C=O) groups excluding carboxylic acids is 1. The van der Waals surface area contributed by atoms with Gasteiger partial charge in [-0.25, -0.2) is 0 Å². The molecule has 0 spiro atoms. The largest absolute Gasteiger partial charge is 0.409 e. The van der Waals surface area contributed by atoms with Crippen LogP contribution in [0.5, 0.6) is 0 Å². The number of nitrogens with zero attached hydrogens (tertiary/aromatic N) is 2. The predicted octanol–water partition coefficient (Wildman–Crippen LogP) is 2.18. The van der Waals surface area contributed by atoms with Crippen LogP contribution in [0.4, 0.5) is 0 Å². The maximum Gasteiger partial charge on any atom is 0.222 e. The lowest BCUT2D eigenvalue weighted by molar-refractivity contribution is -0.131. The molecule has 1 atom stereocenters. The fourth-order valence-electron chi connectivity index (χ4n) is 1.85. The number of rotatable bonds is 6. The summed E-state index contributed by atoms with van der Waals surface area (Å²) in [5.74, 6) is 0.599. The van der Waals surface area contributed by atoms with Crippen LogP contribution in [0.3, 0.4) is 0 Å². The molecule has 1 unspecified atom stereocenters. The number of benzene rings is 1. The SMILES string of the molecule is CCC(C)CC(=O)N(C)Cc1cccc(/C(N)=N/O)c1. The molecule has 1 amide bonds. The average Bonchev–Trinajstić information content (AvgIpc) is 2.46. The molecule has 3 N–H and O–H groups in total. The number of amides is 1. The van der Waals surface area contributed by atoms with E-state index in [1.54, 1.807) is 18.0 Å². The highest BCUT2D eigenvalue weighted by Gasteiger charge is 2.13. The van der Waals surface area contributed by atoms with Gasteiger partial charge in [-0.2, -0.15) is 0 Å². The van der Waals surface area contributed by atoms with E-state index in [0.717, 1.165) is 12.0 Å². The van der Waals surface area contributed by atoms with Gasteiger partial charge in [-0.05, 0) is 17.5 Å². The minimum Gasteiger partial charge on any atom is -0.409 e. The maximum atomic E-state index is 12.0. The average molecular weight is 277 g/mol. The van der Waals surface area contributed by atoms with Crippen molar-refractivity contribution in [2.45, 2.75) is 33.2 Å². The van der Waals surface area contributed by atoms with Gasteiger partial charge in [0.05, 0.1) is 0 Å². The molecule has 0 heterocycles. The second kappa shape index (κ2) is 7.53. The highest BCUT2D eigenvalue weighted by atomic mass is 16.4. The molecule has 0 saturated carbocycles. The molecular formula is C15H23N3O2. The first kappa shape index (κ1) is 16.0. The van der Waals surface area contributed by atoms with Crippen molar-refractivity contribution in [2.24, 2.45) is 16.8 Å². The van der Waals surface area contributed by atoms with E-state index in [0.29, 0.717) is 24.4 Å². The van der Waals surface area contributed by atoms with E-state index in [4.69, 9.17) is 10.9 Å². The van der Waals surface area contributed by atoms with Gasteiger partial charge in [0.1, 0.15) is 0 Å².